The zero-order chi connectivity index (χ0) is 11.8. The number of rotatable bonds is 4. The van der Waals surface area contributed by atoms with Crippen LogP contribution in [-0.4, -0.2) is 0 Å². The molecule has 0 aliphatic heterocycles. The van der Waals surface area contributed by atoms with Gasteiger partial charge in [0.1, 0.15) is 0 Å². The molecular formula is C16H18. The summed E-state index contributed by atoms with van der Waals surface area (Å²) >= 11 is 0. The van der Waals surface area contributed by atoms with Crippen LogP contribution < -0.4 is 0 Å². The molecule has 1 aromatic carbocycles. The van der Waals surface area contributed by atoms with Gasteiger partial charge in [0.05, 0.1) is 0 Å². The van der Waals surface area contributed by atoms with Crippen LogP contribution in [0, 0.1) is 0 Å². The van der Waals surface area contributed by atoms with Gasteiger partial charge >= 0.3 is 0 Å². The molecule has 1 aromatic rings. The highest BCUT2D eigenvalue weighted by Crippen LogP contribution is 2.23. The molecule has 0 spiro atoms. The van der Waals surface area contributed by atoms with Crippen LogP contribution in [0.2, 0.25) is 0 Å². The fourth-order valence-electron chi connectivity index (χ4n) is 1.63. The van der Waals surface area contributed by atoms with Gasteiger partial charge in [-0.1, -0.05) is 67.3 Å². The van der Waals surface area contributed by atoms with Crippen molar-refractivity contribution in [2.45, 2.75) is 13.8 Å². The van der Waals surface area contributed by atoms with Crippen molar-refractivity contribution in [3.05, 3.63) is 78.4 Å². The van der Waals surface area contributed by atoms with Gasteiger partial charge in [0.2, 0.25) is 0 Å². The molecule has 0 saturated carbocycles. The van der Waals surface area contributed by atoms with Crippen LogP contribution in [-0.2, 0) is 0 Å². The highest BCUT2D eigenvalue weighted by Gasteiger charge is 2.02. The van der Waals surface area contributed by atoms with Gasteiger partial charge in [0, 0.05) is 0 Å². The normalized spacial score (nSPS) is 13.1. The van der Waals surface area contributed by atoms with Gasteiger partial charge in [-0.3, -0.25) is 0 Å². The Hall–Kier alpha value is -1.82. The van der Waals surface area contributed by atoms with Crippen molar-refractivity contribution in [1.82, 2.24) is 0 Å². The molecule has 16 heavy (non-hydrogen) atoms. The lowest BCUT2D eigenvalue weighted by molar-refractivity contribution is 1.52. The number of benzene rings is 1. The van der Waals surface area contributed by atoms with Crippen molar-refractivity contribution in [3.8, 4) is 0 Å². The van der Waals surface area contributed by atoms with Crippen LogP contribution in [0.1, 0.15) is 19.4 Å². The van der Waals surface area contributed by atoms with Crippen LogP contribution in [0.4, 0.5) is 0 Å². The zero-order valence-corrected chi connectivity index (χ0v) is 9.98. The third-order valence-electron chi connectivity index (χ3n) is 2.41. The lowest BCUT2D eigenvalue weighted by atomic mass is 9.97. The maximum Gasteiger partial charge on any atom is -0.0157 e. The molecule has 0 heteroatoms. The SMILES string of the molecule is C=C\C=C/C(=C\C)C(=C\C)/c1ccccc1. The molecule has 0 aliphatic carbocycles. The molecule has 0 unspecified atom stereocenters. The van der Waals surface area contributed by atoms with Gasteiger partial charge < -0.3 is 0 Å². The van der Waals surface area contributed by atoms with Gasteiger partial charge in [-0.15, -0.1) is 0 Å². The lowest BCUT2D eigenvalue weighted by Crippen LogP contribution is -1.86. The summed E-state index contributed by atoms with van der Waals surface area (Å²) in [6.45, 7) is 7.81. The third kappa shape index (κ3) is 3.09. The standard InChI is InChI=1S/C16H18/c1-4-7-11-14(5-2)16(6-3)15-12-9-8-10-13-15/h4-13H,1H2,2-3H3/b11-7-,14-5+,16-6+. The minimum Gasteiger partial charge on any atom is -0.0991 e. The number of hydrogen-bond donors (Lipinski definition) is 0. The van der Waals surface area contributed by atoms with E-state index in [4.69, 9.17) is 0 Å². The summed E-state index contributed by atoms with van der Waals surface area (Å²) in [5.41, 5.74) is 3.71. The van der Waals surface area contributed by atoms with E-state index < -0.39 is 0 Å². The number of allylic oxidation sites excluding steroid dienone is 7. The zero-order valence-electron chi connectivity index (χ0n) is 9.98. The van der Waals surface area contributed by atoms with E-state index in [-0.39, 0.29) is 0 Å². The van der Waals surface area contributed by atoms with Crippen LogP contribution in [0.15, 0.2) is 72.9 Å². The lowest BCUT2D eigenvalue weighted by Gasteiger charge is -2.08. The molecule has 0 saturated heterocycles. The summed E-state index contributed by atoms with van der Waals surface area (Å²) in [6, 6.07) is 10.4. The maximum absolute atomic E-state index is 3.69. The first-order valence-electron chi connectivity index (χ1n) is 5.51. The average molecular weight is 210 g/mol. The molecule has 1 rings (SSSR count). The maximum atomic E-state index is 3.69. The van der Waals surface area contributed by atoms with E-state index >= 15 is 0 Å². The first-order valence-corrected chi connectivity index (χ1v) is 5.51. The van der Waals surface area contributed by atoms with E-state index in [0.717, 1.165) is 0 Å². The summed E-state index contributed by atoms with van der Waals surface area (Å²) in [6.07, 6.45) is 10.1. The van der Waals surface area contributed by atoms with Crippen molar-refractivity contribution < 1.29 is 0 Å². The topological polar surface area (TPSA) is 0 Å². The highest BCUT2D eigenvalue weighted by molar-refractivity contribution is 5.81. The second kappa shape index (κ2) is 6.62. The van der Waals surface area contributed by atoms with Crippen molar-refractivity contribution in [2.24, 2.45) is 0 Å². The first-order chi connectivity index (χ1) is 7.83. The predicted octanol–water partition coefficient (Wildman–Crippen LogP) is 4.78. The van der Waals surface area contributed by atoms with E-state index in [1.165, 1.54) is 16.7 Å². The fraction of sp³-hybridized carbons (Fsp3) is 0.125. The van der Waals surface area contributed by atoms with Crippen molar-refractivity contribution in [2.75, 3.05) is 0 Å². The minimum atomic E-state index is 1.22. The molecule has 0 aromatic heterocycles. The fourth-order valence-corrected chi connectivity index (χ4v) is 1.63. The third-order valence-corrected chi connectivity index (χ3v) is 2.41. The summed E-state index contributed by atoms with van der Waals surface area (Å²) in [7, 11) is 0. The molecule has 0 heterocycles. The number of hydrogen-bond acceptors (Lipinski definition) is 0. The van der Waals surface area contributed by atoms with E-state index in [0.29, 0.717) is 0 Å². The molecule has 0 radical (unpaired) electrons. The quantitative estimate of drug-likeness (QED) is 0.627. The Morgan fingerprint density at radius 2 is 1.75 bits per heavy atom. The van der Waals surface area contributed by atoms with Crippen molar-refractivity contribution in [3.63, 3.8) is 0 Å². The van der Waals surface area contributed by atoms with Gasteiger partial charge in [-0.25, -0.2) is 0 Å². The second-order valence-electron chi connectivity index (χ2n) is 3.41. The monoisotopic (exact) mass is 210 g/mol. The average Bonchev–Trinajstić information content (AvgIpc) is 2.35. The van der Waals surface area contributed by atoms with E-state index in [9.17, 15) is 0 Å². The van der Waals surface area contributed by atoms with Crippen molar-refractivity contribution in [1.29, 1.82) is 0 Å². The second-order valence-corrected chi connectivity index (χ2v) is 3.41. The highest BCUT2D eigenvalue weighted by atomic mass is 14.1. The van der Waals surface area contributed by atoms with Gasteiger partial charge in [-0.05, 0) is 30.6 Å². The van der Waals surface area contributed by atoms with E-state index in [2.05, 4.69) is 62.9 Å². The van der Waals surface area contributed by atoms with Crippen molar-refractivity contribution >= 4 is 5.57 Å². The molecule has 0 atom stereocenters. The molecular weight excluding hydrogens is 192 g/mol. The van der Waals surface area contributed by atoms with Crippen LogP contribution in [0.25, 0.3) is 5.57 Å². The molecule has 0 amide bonds. The van der Waals surface area contributed by atoms with Gasteiger partial charge in [-0.2, -0.15) is 0 Å². The van der Waals surface area contributed by atoms with E-state index in [1.807, 2.05) is 12.1 Å². The molecule has 0 nitrogen and oxygen atoms in total. The Bertz CT molecular complexity index is 417. The van der Waals surface area contributed by atoms with E-state index in [1.54, 1.807) is 6.08 Å². The molecule has 0 fully saturated rings. The summed E-state index contributed by atoms with van der Waals surface area (Å²) < 4.78 is 0. The Morgan fingerprint density at radius 3 is 2.25 bits per heavy atom. The summed E-state index contributed by atoms with van der Waals surface area (Å²) in [5, 5.41) is 0. The Morgan fingerprint density at radius 1 is 1.06 bits per heavy atom. The molecule has 0 N–H and O–H groups in total. The minimum absolute atomic E-state index is 1.22. The smallest absolute Gasteiger partial charge is 0.0157 e. The molecule has 0 bridgehead atoms. The summed E-state index contributed by atoms with van der Waals surface area (Å²) in [4.78, 5) is 0. The molecule has 82 valence electrons. The van der Waals surface area contributed by atoms with Crippen LogP contribution in [0.5, 0.6) is 0 Å². The molecule has 0 aliphatic rings. The first kappa shape index (κ1) is 12.3. The van der Waals surface area contributed by atoms with Gasteiger partial charge in [0.25, 0.3) is 0 Å². The largest absolute Gasteiger partial charge is 0.0991 e. The Labute approximate surface area is 98.3 Å². The summed E-state index contributed by atoms with van der Waals surface area (Å²) in [5.74, 6) is 0. The Kier molecular flexibility index (Phi) is 5.07. The van der Waals surface area contributed by atoms with Crippen LogP contribution >= 0.6 is 0 Å². The van der Waals surface area contributed by atoms with Gasteiger partial charge in [0.15, 0.2) is 0 Å². The Balaban J connectivity index is 3.09. The predicted molar refractivity (Wildman–Crippen MR) is 73.2 cm³/mol. The van der Waals surface area contributed by atoms with Crippen LogP contribution in [0.3, 0.4) is 0 Å².